The standard InChI is InChI=1S/C51H62N2O13/c1-4-23-63-51-46(53(50(57)59-5-2)30-33-15-18-44-45(25-33)62-32-61-44)29-41(52-66-47-14-8-11-24-60-47)39-27-34(12-6-9-21-54)38(13-7-10-22-55)48(49(39)51)40-28-37(17-20-43(40)65-51)64-36-16-19-42(58-3)35(26-36)31-56/h4,15-20,25-28,31,34,38,46-49,54-55H,1,5-14,21-24,29-30,32H2,2-3H3/t34-,38+,46-,47?,48+,49+,51+/m0/s1. The number of hydrogen-bond acceptors (Lipinski definition) is 14. The SMILES string of the molecule is C=CCO[C@@]12Oc3ccc(Oc4ccc(OC)c(C=O)c4)cc3[C@H]3[C@H](CCCCO)[C@@H](CCCCO)C=C(C(=NOC4CCCCO4)C[C@@H]1N(Cc1ccc4c(c1)OCO4)C(=O)OCC)[C@H]32. The van der Waals surface area contributed by atoms with Crippen LogP contribution in [0.3, 0.4) is 0 Å². The predicted octanol–water partition coefficient (Wildman–Crippen LogP) is 8.85. The molecule has 3 heterocycles. The first-order chi connectivity index (χ1) is 32.3. The quantitative estimate of drug-likeness (QED) is 0.0450. The molecule has 3 aliphatic heterocycles. The highest BCUT2D eigenvalue weighted by atomic mass is 16.8. The number of oxime groups is 1. The Morgan fingerprint density at radius 1 is 0.970 bits per heavy atom. The Kier molecular flexibility index (Phi) is 15.5. The monoisotopic (exact) mass is 910 g/mol. The van der Waals surface area contributed by atoms with Gasteiger partial charge in [-0.15, -0.1) is 6.58 Å². The number of benzene rings is 3. The van der Waals surface area contributed by atoms with E-state index in [0.717, 1.165) is 61.5 Å². The lowest BCUT2D eigenvalue weighted by molar-refractivity contribution is -0.256. The fourth-order valence-electron chi connectivity index (χ4n) is 10.4. The van der Waals surface area contributed by atoms with Crippen molar-refractivity contribution in [3.63, 3.8) is 0 Å². The average Bonchev–Trinajstić information content (AvgIpc) is 3.82. The molecule has 2 fully saturated rings. The number of ether oxygens (including phenoxy) is 8. The molecule has 0 aromatic heterocycles. The van der Waals surface area contributed by atoms with Crippen LogP contribution in [-0.2, 0) is 25.6 Å². The second kappa shape index (κ2) is 21.8. The van der Waals surface area contributed by atoms with Gasteiger partial charge in [0.25, 0.3) is 0 Å². The van der Waals surface area contributed by atoms with E-state index in [-0.39, 0.29) is 63.9 Å². The number of unbranched alkanes of at least 4 members (excludes halogenated alkanes) is 2. The van der Waals surface area contributed by atoms with Crippen LogP contribution in [-0.4, -0.2) is 98.3 Å². The third kappa shape index (κ3) is 9.90. The molecule has 15 heteroatoms. The molecule has 3 aromatic rings. The van der Waals surface area contributed by atoms with E-state index in [1.165, 1.54) is 7.11 Å². The van der Waals surface area contributed by atoms with Crippen molar-refractivity contribution in [2.45, 2.75) is 102 Å². The van der Waals surface area contributed by atoms with Gasteiger partial charge in [0, 0.05) is 44.1 Å². The third-order valence-electron chi connectivity index (χ3n) is 13.3. The summed E-state index contributed by atoms with van der Waals surface area (Å²) in [7, 11) is 1.51. The number of aliphatic hydroxyl groups is 2. The van der Waals surface area contributed by atoms with Gasteiger partial charge in [-0.05, 0) is 117 Å². The van der Waals surface area contributed by atoms with Crippen LogP contribution in [0.4, 0.5) is 4.79 Å². The van der Waals surface area contributed by atoms with Crippen molar-refractivity contribution in [3.8, 4) is 34.5 Å². The van der Waals surface area contributed by atoms with Gasteiger partial charge >= 0.3 is 6.09 Å². The number of carbonyl (C=O) groups excluding carboxylic acids is 2. The minimum absolute atomic E-state index is 0.0123. The summed E-state index contributed by atoms with van der Waals surface area (Å²) in [5.74, 6) is 0.748. The number of aldehydes is 1. The highest BCUT2D eigenvalue weighted by Crippen LogP contribution is 2.62. The Bertz CT molecular complexity index is 2240. The Hall–Kier alpha value is -5.61. The predicted molar refractivity (Wildman–Crippen MR) is 243 cm³/mol. The van der Waals surface area contributed by atoms with Gasteiger partial charge in [-0.2, -0.15) is 0 Å². The smallest absolute Gasteiger partial charge is 0.410 e. The Labute approximate surface area is 386 Å². The lowest BCUT2D eigenvalue weighted by Gasteiger charge is -2.59. The molecule has 5 aliphatic rings. The molecular weight excluding hydrogens is 849 g/mol. The molecule has 1 amide bonds. The van der Waals surface area contributed by atoms with Gasteiger partial charge in [0.2, 0.25) is 18.9 Å². The van der Waals surface area contributed by atoms with Crippen molar-refractivity contribution in [1.82, 2.24) is 4.90 Å². The van der Waals surface area contributed by atoms with Gasteiger partial charge in [0.05, 0.1) is 44.1 Å². The second-order valence-corrected chi connectivity index (χ2v) is 17.3. The molecule has 15 nitrogen and oxygen atoms in total. The number of fused-ring (bicyclic) bond motifs is 3. The highest BCUT2D eigenvalue weighted by Gasteiger charge is 2.66. The average molecular weight is 911 g/mol. The summed E-state index contributed by atoms with van der Waals surface area (Å²) in [5, 5.41) is 25.0. The van der Waals surface area contributed by atoms with Crippen molar-refractivity contribution >= 4 is 18.1 Å². The first kappa shape index (κ1) is 46.9. The van der Waals surface area contributed by atoms with Crippen LogP contribution in [0, 0.1) is 17.8 Å². The van der Waals surface area contributed by atoms with E-state index < -0.39 is 30.1 Å². The molecule has 7 atom stereocenters. The van der Waals surface area contributed by atoms with Gasteiger partial charge < -0.3 is 52.9 Å². The third-order valence-corrected chi connectivity index (χ3v) is 13.3. The van der Waals surface area contributed by atoms with Crippen LogP contribution in [0.25, 0.3) is 0 Å². The number of rotatable bonds is 21. The molecule has 66 heavy (non-hydrogen) atoms. The number of amides is 1. The molecule has 0 bridgehead atoms. The van der Waals surface area contributed by atoms with E-state index in [2.05, 4.69) is 12.7 Å². The lowest BCUT2D eigenvalue weighted by atomic mass is 9.55. The van der Waals surface area contributed by atoms with Crippen LogP contribution < -0.4 is 23.7 Å². The zero-order valence-electron chi connectivity index (χ0n) is 37.9. The van der Waals surface area contributed by atoms with Crippen molar-refractivity contribution in [3.05, 3.63) is 95.6 Å². The Morgan fingerprint density at radius 3 is 2.52 bits per heavy atom. The number of hydrogen-bond donors (Lipinski definition) is 2. The first-order valence-corrected chi connectivity index (χ1v) is 23.3. The van der Waals surface area contributed by atoms with Crippen LogP contribution in [0.1, 0.15) is 98.5 Å². The van der Waals surface area contributed by atoms with Crippen LogP contribution >= 0.6 is 0 Å². The van der Waals surface area contributed by atoms with Crippen LogP contribution in [0.5, 0.6) is 34.5 Å². The van der Waals surface area contributed by atoms with E-state index in [0.29, 0.717) is 71.6 Å². The van der Waals surface area contributed by atoms with E-state index >= 15 is 0 Å². The molecule has 3 aromatic carbocycles. The van der Waals surface area contributed by atoms with Gasteiger partial charge in [-0.3, -0.25) is 9.69 Å². The minimum Gasteiger partial charge on any atom is -0.496 e. The lowest BCUT2D eigenvalue weighted by Crippen LogP contribution is -2.70. The second-order valence-electron chi connectivity index (χ2n) is 17.3. The number of aliphatic hydroxyl groups excluding tert-OH is 2. The maximum absolute atomic E-state index is 14.6. The van der Waals surface area contributed by atoms with Gasteiger partial charge in [0.1, 0.15) is 29.0 Å². The van der Waals surface area contributed by atoms with E-state index in [9.17, 15) is 19.8 Å². The van der Waals surface area contributed by atoms with Crippen molar-refractivity contribution in [2.75, 3.05) is 46.9 Å². The van der Waals surface area contributed by atoms with E-state index in [1.807, 2.05) is 36.4 Å². The minimum atomic E-state index is -1.52. The normalized spacial score (nSPS) is 25.4. The van der Waals surface area contributed by atoms with E-state index in [1.54, 1.807) is 36.1 Å². The van der Waals surface area contributed by atoms with Gasteiger partial charge in [-0.1, -0.05) is 36.2 Å². The fourth-order valence-corrected chi connectivity index (χ4v) is 10.4. The first-order valence-electron chi connectivity index (χ1n) is 23.3. The molecule has 8 rings (SSSR count). The molecular formula is C51H62N2O13. The van der Waals surface area contributed by atoms with Gasteiger partial charge in [0.15, 0.2) is 17.8 Å². The molecule has 354 valence electrons. The summed E-state index contributed by atoms with van der Waals surface area (Å²) in [5.41, 5.74) is 3.53. The molecule has 1 unspecified atom stereocenters. The summed E-state index contributed by atoms with van der Waals surface area (Å²) in [6.45, 7) is 6.95. The van der Waals surface area contributed by atoms with E-state index in [4.69, 9.17) is 47.9 Å². The zero-order valence-corrected chi connectivity index (χ0v) is 37.9. The summed E-state index contributed by atoms with van der Waals surface area (Å²) in [6.07, 6.45) is 10.7. The molecule has 0 radical (unpaired) electrons. The topological polar surface area (TPSA) is 173 Å². The fraction of sp³-hybridized carbons (Fsp3) is 0.510. The molecule has 1 saturated carbocycles. The summed E-state index contributed by atoms with van der Waals surface area (Å²) in [6, 6.07) is 15.6. The zero-order chi connectivity index (χ0) is 46.0. The number of carbonyl (C=O) groups is 2. The molecule has 1 saturated heterocycles. The van der Waals surface area contributed by atoms with Crippen molar-refractivity contribution in [1.29, 1.82) is 0 Å². The van der Waals surface area contributed by atoms with Gasteiger partial charge in [-0.25, -0.2) is 4.79 Å². The summed E-state index contributed by atoms with van der Waals surface area (Å²) in [4.78, 5) is 34.6. The Morgan fingerprint density at radius 2 is 1.76 bits per heavy atom. The molecule has 0 spiro atoms. The van der Waals surface area contributed by atoms with Crippen molar-refractivity contribution < 1.29 is 62.5 Å². The van der Waals surface area contributed by atoms with Crippen LogP contribution in [0.2, 0.25) is 0 Å². The number of allylic oxidation sites excluding steroid dienone is 1. The maximum Gasteiger partial charge on any atom is 0.410 e. The van der Waals surface area contributed by atoms with Crippen molar-refractivity contribution in [2.24, 2.45) is 22.9 Å². The molecule has 2 aliphatic carbocycles. The number of nitrogens with zero attached hydrogens (tertiary/aromatic N) is 2. The largest absolute Gasteiger partial charge is 0.496 e. The Balaban J connectivity index is 1.33. The highest BCUT2D eigenvalue weighted by molar-refractivity contribution is 6.03. The van der Waals surface area contributed by atoms with Crippen LogP contribution in [0.15, 0.2) is 84.1 Å². The maximum atomic E-state index is 14.6. The molecule has 2 N–H and O–H groups in total. The summed E-state index contributed by atoms with van der Waals surface area (Å²) < 4.78 is 49.7. The number of methoxy groups -OCH3 is 1. The summed E-state index contributed by atoms with van der Waals surface area (Å²) >= 11 is 0.